The Morgan fingerprint density at radius 1 is 1.40 bits per heavy atom. The first kappa shape index (κ1) is 13.5. The molecular formula is C12H10N2O6. The van der Waals surface area contributed by atoms with Crippen LogP contribution in [0.2, 0.25) is 0 Å². The molecule has 0 spiro atoms. The second kappa shape index (κ2) is 5.83. The maximum absolute atomic E-state index is 11.8. The van der Waals surface area contributed by atoms with Gasteiger partial charge >= 0.3 is 5.63 Å². The minimum Gasteiger partial charge on any atom is -0.422 e. The molecule has 2 rings (SSSR count). The van der Waals surface area contributed by atoms with Gasteiger partial charge in [0.25, 0.3) is 11.0 Å². The summed E-state index contributed by atoms with van der Waals surface area (Å²) in [5.41, 5.74) is -0.549. The van der Waals surface area contributed by atoms with Crippen LogP contribution in [0.15, 0.2) is 39.5 Å². The Bertz CT molecular complexity index is 708. The lowest BCUT2D eigenvalue weighted by Crippen LogP contribution is -2.31. The third-order valence-electron chi connectivity index (χ3n) is 2.47. The molecule has 0 saturated carbocycles. The Balaban J connectivity index is 2.11. The molecule has 0 saturated heterocycles. The molecule has 0 aliphatic heterocycles. The molecule has 0 atom stereocenters. The van der Waals surface area contributed by atoms with Crippen molar-refractivity contribution in [1.82, 2.24) is 5.32 Å². The van der Waals surface area contributed by atoms with Crippen LogP contribution in [0.4, 0.5) is 0 Å². The summed E-state index contributed by atoms with van der Waals surface area (Å²) in [5.74, 6) is -0.670. The number of nitrogens with one attached hydrogen (secondary N) is 1. The van der Waals surface area contributed by atoms with Crippen molar-refractivity contribution < 1.29 is 19.1 Å². The van der Waals surface area contributed by atoms with E-state index in [9.17, 15) is 19.7 Å². The van der Waals surface area contributed by atoms with Gasteiger partial charge in [0.15, 0.2) is 0 Å². The van der Waals surface area contributed by atoms with Gasteiger partial charge in [-0.05, 0) is 12.1 Å². The Labute approximate surface area is 112 Å². The monoisotopic (exact) mass is 278 g/mol. The number of hydrogen-bond acceptors (Lipinski definition) is 6. The lowest BCUT2D eigenvalue weighted by molar-refractivity contribution is -0.757. The van der Waals surface area contributed by atoms with Crippen molar-refractivity contribution >= 4 is 16.9 Å². The first-order chi connectivity index (χ1) is 9.58. The molecule has 1 heterocycles. The molecule has 0 aliphatic carbocycles. The molecule has 2 aromatic rings. The minimum absolute atomic E-state index is 0.0912. The fourth-order valence-electron chi connectivity index (χ4n) is 1.60. The van der Waals surface area contributed by atoms with Gasteiger partial charge in [-0.2, -0.15) is 0 Å². The van der Waals surface area contributed by atoms with Crippen LogP contribution in [0.5, 0.6) is 0 Å². The number of fused-ring (bicyclic) bond motifs is 1. The minimum atomic E-state index is -0.962. The smallest absolute Gasteiger partial charge is 0.349 e. The zero-order valence-electron chi connectivity index (χ0n) is 10.2. The topological polar surface area (TPSA) is 112 Å². The van der Waals surface area contributed by atoms with Gasteiger partial charge in [-0.15, -0.1) is 10.1 Å². The summed E-state index contributed by atoms with van der Waals surface area (Å²) >= 11 is 0. The maximum atomic E-state index is 11.8. The van der Waals surface area contributed by atoms with Crippen molar-refractivity contribution in [3.8, 4) is 0 Å². The molecule has 1 amide bonds. The van der Waals surface area contributed by atoms with Gasteiger partial charge in [0.05, 0.1) is 0 Å². The van der Waals surface area contributed by atoms with Crippen LogP contribution in [-0.4, -0.2) is 24.1 Å². The average molecular weight is 278 g/mol. The van der Waals surface area contributed by atoms with Crippen LogP contribution in [0.3, 0.4) is 0 Å². The molecule has 1 N–H and O–H groups in total. The summed E-state index contributed by atoms with van der Waals surface area (Å²) < 4.78 is 5.00. The first-order valence-electron chi connectivity index (χ1n) is 5.66. The van der Waals surface area contributed by atoms with Crippen molar-refractivity contribution in [3.05, 3.63) is 56.4 Å². The molecule has 0 aliphatic rings. The quantitative estimate of drug-likeness (QED) is 0.373. The summed E-state index contributed by atoms with van der Waals surface area (Å²) in [4.78, 5) is 37.4. The maximum Gasteiger partial charge on any atom is 0.349 e. The van der Waals surface area contributed by atoms with Crippen molar-refractivity contribution in [2.45, 2.75) is 0 Å². The normalized spacial score (nSPS) is 10.2. The first-order valence-corrected chi connectivity index (χ1v) is 5.66. The van der Waals surface area contributed by atoms with E-state index < -0.39 is 16.6 Å². The highest BCUT2D eigenvalue weighted by atomic mass is 16.9. The number of para-hydroxylation sites is 1. The number of hydrogen-bond donors (Lipinski definition) is 1. The van der Waals surface area contributed by atoms with Gasteiger partial charge in [-0.1, -0.05) is 18.2 Å². The van der Waals surface area contributed by atoms with Gasteiger partial charge in [0.1, 0.15) is 17.8 Å². The lowest BCUT2D eigenvalue weighted by Gasteiger charge is -2.04. The van der Waals surface area contributed by atoms with Crippen LogP contribution in [-0.2, 0) is 4.84 Å². The van der Waals surface area contributed by atoms with Crippen molar-refractivity contribution in [2.24, 2.45) is 0 Å². The molecule has 0 radical (unpaired) electrons. The number of carbonyl (C=O) groups excluding carboxylic acids is 1. The molecule has 20 heavy (non-hydrogen) atoms. The third kappa shape index (κ3) is 3.10. The van der Waals surface area contributed by atoms with Gasteiger partial charge < -0.3 is 14.6 Å². The summed E-state index contributed by atoms with van der Waals surface area (Å²) in [5, 5.41) is 11.9. The summed E-state index contributed by atoms with van der Waals surface area (Å²) in [6.45, 7) is -0.385. The highest BCUT2D eigenvalue weighted by molar-refractivity contribution is 5.96. The van der Waals surface area contributed by atoms with Gasteiger partial charge in [0, 0.05) is 11.9 Å². The van der Waals surface area contributed by atoms with E-state index in [2.05, 4.69) is 10.2 Å². The third-order valence-corrected chi connectivity index (χ3v) is 2.47. The Kier molecular flexibility index (Phi) is 3.94. The molecular weight excluding hydrogens is 268 g/mol. The van der Waals surface area contributed by atoms with E-state index in [0.29, 0.717) is 11.0 Å². The predicted octanol–water partition coefficient (Wildman–Crippen LogP) is 0.731. The number of nitrogens with zero attached hydrogens (tertiary/aromatic N) is 1. The molecule has 0 bridgehead atoms. The standard InChI is InChI=1S/C12H10N2O6/c15-11(13-5-6-19-14(17)18)9-7-8-3-1-2-4-10(8)20-12(9)16/h1-4,7H,5-6H2,(H,13,15). The summed E-state index contributed by atoms with van der Waals surface area (Å²) in [7, 11) is 0. The van der Waals surface area contributed by atoms with Crippen LogP contribution in [0.25, 0.3) is 11.0 Å². The number of carbonyl (C=O) groups is 1. The molecule has 0 fully saturated rings. The van der Waals surface area contributed by atoms with E-state index in [1.165, 1.54) is 6.07 Å². The summed E-state index contributed by atoms with van der Waals surface area (Å²) in [6, 6.07) is 8.17. The van der Waals surface area contributed by atoms with Gasteiger partial charge in [-0.25, -0.2) is 4.79 Å². The molecule has 1 aromatic heterocycles. The second-order valence-electron chi connectivity index (χ2n) is 3.80. The number of rotatable bonds is 5. The number of amides is 1. The van der Waals surface area contributed by atoms with Crippen LogP contribution < -0.4 is 10.9 Å². The molecule has 1 aromatic carbocycles. The fraction of sp³-hybridized carbons (Fsp3) is 0.167. The van der Waals surface area contributed by atoms with E-state index in [1.54, 1.807) is 24.3 Å². The van der Waals surface area contributed by atoms with Gasteiger partial charge in [-0.3, -0.25) is 4.79 Å². The lowest BCUT2D eigenvalue weighted by atomic mass is 10.2. The van der Waals surface area contributed by atoms with Crippen molar-refractivity contribution in [3.63, 3.8) is 0 Å². The van der Waals surface area contributed by atoms with Crippen LogP contribution in [0.1, 0.15) is 10.4 Å². The predicted molar refractivity (Wildman–Crippen MR) is 67.8 cm³/mol. The van der Waals surface area contributed by atoms with E-state index in [4.69, 9.17) is 4.42 Å². The molecule has 8 nitrogen and oxygen atoms in total. The largest absolute Gasteiger partial charge is 0.422 e. The zero-order valence-corrected chi connectivity index (χ0v) is 10.2. The molecule has 104 valence electrons. The van der Waals surface area contributed by atoms with Crippen LogP contribution in [0, 0.1) is 10.1 Å². The average Bonchev–Trinajstić information content (AvgIpc) is 2.42. The Morgan fingerprint density at radius 2 is 2.15 bits per heavy atom. The molecule has 8 heteroatoms. The summed E-state index contributed by atoms with van der Waals surface area (Å²) in [6.07, 6.45) is 0. The number of benzene rings is 1. The SMILES string of the molecule is O=C(NCCO[N+](=O)[O-])c1cc2ccccc2oc1=O. The highest BCUT2D eigenvalue weighted by Gasteiger charge is 2.13. The van der Waals surface area contributed by atoms with Crippen molar-refractivity contribution in [1.29, 1.82) is 0 Å². The van der Waals surface area contributed by atoms with Gasteiger partial charge in [0.2, 0.25) is 0 Å². The highest BCUT2D eigenvalue weighted by Crippen LogP contribution is 2.12. The van der Waals surface area contributed by atoms with E-state index in [-0.39, 0.29) is 18.7 Å². The van der Waals surface area contributed by atoms with Crippen molar-refractivity contribution in [2.75, 3.05) is 13.2 Å². The Hall–Kier alpha value is -2.90. The van der Waals surface area contributed by atoms with E-state index in [1.807, 2.05) is 0 Å². The van der Waals surface area contributed by atoms with E-state index >= 15 is 0 Å². The molecule has 0 unspecified atom stereocenters. The van der Waals surface area contributed by atoms with Crippen LogP contribution >= 0.6 is 0 Å². The Morgan fingerprint density at radius 3 is 2.90 bits per heavy atom. The fourth-order valence-corrected chi connectivity index (χ4v) is 1.60. The van der Waals surface area contributed by atoms with E-state index in [0.717, 1.165) is 0 Å². The zero-order chi connectivity index (χ0) is 14.5. The second-order valence-corrected chi connectivity index (χ2v) is 3.80.